The Labute approximate surface area is 172 Å². The molecule has 0 aliphatic heterocycles. The standard InChI is InChI=1S/C22H18N4O4/c1-25(17-3-7-23-8-4-17)21(29)19-12-20(16(14-28)11-15(19)13-27)22(30)26(2)18-5-9-24-10-6-18/h3-14H,1-2H3. The lowest BCUT2D eigenvalue weighted by Crippen LogP contribution is -2.30. The highest BCUT2D eigenvalue weighted by molar-refractivity contribution is 6.15. The molecule has 2 amide bonds. The number of nitrogens with zero attached hydrogens (tertiary/aromatic N) is 4. The summed E-state index contributed by atoms with van der Waals surface area (Å²) in [6, 6.07) is 9.10. The molecule has 150 valence electrons. The molecule has 3 aromatic rings. The first kappa shape index (κ1) is 20.5. The number of carbonyl (C=O) groups excluding carboxylic acids is 4. The molecule has 2 aromatic heterocycles. The van der Waals surface area contributed by atoms with Crippen molar-refractivity contribution in [3.05, 3.63) is 83.4 Å². The molecule has 0 fully saturated rings. The SMILES string of the molecule is CN(C(=O)c1cc(C(=O)N(C)c2ccncc2)c(C=O)cc1C=O)c1ccncc1. The Bertz CT molecular complexity index is 1020. The van der Waals surface area contributed by atoms with Gasteiger partial charge in [0.25, 0.3) is 11.8 Å². The number of anilines is 2. The lowest BCUT2D eigenvalue weighted by atomic mass is 9.97. The van der Waals surface area contributed by atoms with Crippen LogP contribution in [0.4, 0.5) is 11.4 Å². The summed E-state index contributed by atoms with van der Waals surface area (Å²) in [4.78, 5) is 59.8. The molecule has 2 heterocycles. The second-order valence-corrected chi connectivity index (χ2v) is 6.40. The molecule has 0 radical (unpaired) electrons. The Morgan fingerprint density at radius 2 is 1.07 bits per heavy atom. The Morgan fingerprint density at radius 1 is 0.700 bits per heavy atom. The quantitative estimate of drug-likeness (QED) is 0.588. The third-order valence-corrected chi connectivity index (χ3v) is 4.65. The minimum absolute atomic E-state index is 0.0152. The van der Waals surface area contributed by atoms with Crippen molar-refractivity contribution in [3.63, 3.8) is 0 Å². The molecule has 1 aromatic carbocycles. The normalized spacial score (nSPS) is 10.2. The molecule has 0 N–H and O–H groups in total. The van der Waals surface area contributed by atoms with E-state index in [9.17, 15) is 19.2 Å². The molecule has 0 spiro atoms. The first-order chi connectivity index (χ1) is 14.5. The van der Waals surface area contributed by atoms with Crippen molar-refractivity contribution >= 4 is 35.8 Å². The number of aldehydes is 2. The van der Waals surface area contributed by atoms with Crippen LogP contribution >= 0.6 is 0 Å². The number of rotatable bonds is 6. The lowest BCUT2D eigenvalue weighted by Gasteiger charge is -2.21. The van der Waals surface area contributed by atoms with E-state index >= 15 is 0 Å². The fourth-order valence-corrected chi connectivity index (χ4v) is 2.93. The van der Waals surface area contributed by atoms with Crippen LogP contribution in [0.2, 0.25) is 0 Å². The number of aromatic nitrogens is 2. The third-order valence-electron chi connectivity index (χ3n) is 4.65. The van der Waals surface area contributed by atoms with Gasteiger partial charge in [-0.05, 0) is 36.4 Å². The predicted octanol–water partition coefficient (Wildman–Crippen LogP) is 2.65. The monoisotopic (exact) mass is 402 g/mol. The van der Waals surface area contributed by atoms with Gasteiger partial charge in [-0.3, -0.25) is 29.1 Å². The summed E-state index contributed by atoms with van der Waals surface area (Å²) < 4.78 is 0. The van der Waals surface area contributed by atoms with Crippen molar-refractivity contribution in [1.29, 1.82) is 0 Å². The summed E-state index contributed by atoms with van der Waals surface area (Å²) in [7, 11) is 3.09. The van der Waals surface area contributed by atoms with E-state index in [2.05, 4.69) is 9.97 Å². The largest absolute Gasteiger partial charge is 0.311 e. The van der Waals surface area contributed by atoms with Gasteiger partial charge in [-0.1, -0.05) is 0 Å². The van der Waals surface area contributed by atoms with Gasteiger partial charge < -0.3 is 9.80 Å². The highest BCUT2D eigenvalue weighted by atomic mass is 16.2. The van der Waals surface area contributed by atoms with Crippen molar-refractivity contribution < 1.29 is 19.2 Å². The van der Waals surface area contributed by atoms with E-state index in [1.54, 1.807) is 38.4 Å². The fourth-order valence-electron chi connectivity index (χ4n) is 2.93. The second-order valence-electron chi connectivity index (χ2n) is 6.40. The summed E-state index contributed by atoms with van der Waals surface area (Å²) in [5.74, 6) is -0.997. The van der Waals surface area contributed by atoms with Crippen molar-refractivity contribution in [1.82, 2.24) is 9.97 Å². The van der Waals surface area contributed by atoms with Crippen molar-refractivity contribution in [2.45, 2.75) is 0 Å². The van der Waals surface area contributed by atoms with Crippen LogP contribution in [0.5, 0.6) is 0 Å². The van der Waals surface area contributed by atoms with Crippen LogP contribution < -0.4 is 9.80 Å². The molecule has 0 saturated carbocycles. The maximum Gasteiger partial charge on any atom is 0.258 e. The molecular formula is C22H18N4O4. The van der Waals surface area contributed by atoms with Gasteiger partial charge in [0.15, 0.2) is 12.6 Å². The van der Waals surface area contributed by atoms with Gasteiger partial charge in [0.05, 0.1) is 11.1 Å². The van der Waals surface area contributed by atoms with Crippen LogP contribution in [0.25, 0.3) is 0 Å². The van der Waals surface area contributed by atoms with E-state index in [1.807, 2.05) is 0 Å². The van der Waals surface area contributed by atoms with Crippen LogP contribution in [0.3, 0.4) is 0 Å². The average Bonchev–Trinajstić information content (AvgIpc) is 2.82. The molecule has 0 bridgehead atoms. The second kappa shape index (κ2) is 8.87. The Balaban J connectivity index is 2.06. The minimum atomic E-state index is -0.499. The zero-order chi connectivity index (χ0) is 21.7. The smallest absolute Gasteiger partial charge is 0.258 e. The summed E-state index contributed by atoms with van der Waals surface area (Å²) in [5.41, 5.74) is 1.20. The highest BCUT2D eigenvalue weighted by Crippen LogP contribution is 2.22. The molecule has 8 heteroatoms. The number of hydrogen-bond acceptors (Lipinski definition) is 6. The predicted molar refractivity (Wildman–Crippen MR) is 111 cm³/mol. The van der Waals surface area contributed by atoms with Crippen molar-refractivity contribution in [3.8, 4) is 0 Å². The first-order valence-electron chi connectivity index (χ1n) is 8.92. The molecule has 30 heavy (non-hydrogen) atoms. The first-order valence-corrected chi connectivity index (χ1v) is 8.92. The van der Waals surface area contributed by atoms with E-state index in [-0.39, 0.29) is 22.3 Å². The van der Waals surface area contributed by atoms with Gasteiger partial charge in [0, 0.05) is 61.4 Å². The van der Waals surface area contributed by atoms with Gasteiger partial charge in [-0.15, -0.1) is 0 Å². The topological polar surface area (TPSA) is 101 Å². The number of carbonyl (C=O) groups is 4. The zero-order valence-electron chi connectivity index (χ0n) is 16.4. The van der Waals surface area contributed by atoms with Crippen LogP contribution in [-0.2, 0) is 0 Å². The van der Waals surface area contributed by atoms with Gasteiger partial charge in [0.1, 0.15) is 0 Å². The maximum absolute atomic E-state index is 13.1. The molecule has 0 aliphatic carbocycles. The number of pyridine rings is 2. The Kier molecular flexibility index (Phi) is 6.07. The van der Waals surface area contributed by atoms with Crippen LogP contribution in [0.15, 0.2) is 61.2 Å². The molecule has 0 aliphatic rings. The molecular weight excluding hydrogens is 384 g/mol. The zero-order valence-corrected chi connectivity index (χ0v) is 16.4. The van der Waals surface area contributed by atoms with Crippen LogP contribution in [0, 0.1) is 0 Å². The molecule has 0 atom stereocenters. The summed E-state index contributed by atoms with van der Waals surface area (Å²) in [6.45, 7) is 0. The van der Waals surface area contributed by atoms with Gasteiger partial charge >= 0.3 is 0 Å². The molecule has 0 unspecified atom stereocenters. The van der Waals surface area contributed by atoms with Crippen LogP contribution in [-0.4, -0.2) is 48.4 Å². The van der Waals surface area contributed by atoms with Crippen molar-refractivity contribution in [2.75, 3.05) is 23.9 Å². The van der Waals surface area contributed by atoms with E-state index in [0.29, 0.717) is 23.9 Å². The Morgan fingerprint density at radius 3 is 1.40 bits per heavy atom. The van der Waals surface area contributed by atoms with Gasteiger partial charge in [0.2, 0.25) is 0 Å². The van der Waals surface area contributed by atoms with E-state index in [0.717, 1.165) is 0 Å². The number of amides is 2. The third kappa shape index (κ3) is 3.97. The van der Waals surface area contributed by atoms with Gasteiger partial charge in [-0.2, -0.15) is 0 Å². The lowest BCUT2D eigenvalue weighted by molar-refractivity contribution is 0.0981. The molecule has 8 nitrogen and oxygen atoms in total. The summed E-state index contributed by atoms with van der Waals surface area (Å²) in [6.07, 6.45) is 7.12. The number of hydrogen-bond donors (Lipinski definition) is 0. The Hall–Kier alpha value is -4.20. The summed E-state index contributed by atoms with van der Waals surface area (Å²) >= 11 is 0. The fraction of sp³-hybridized carbons (Fsp3) is 0.0909. The maximum atomic E-state index is 13.1. The van der Waals surface area contributed by atoms with E-state index in [1.165, 1.54) is 46.7 Å². The van der Waals surface area contributed by atoms with E-state index in [4.69, 9.17) is 0 Å². The molecule has 3 rings (SSSR count). The van der Waals surface area contributed by atoms with Crippen molar-refractivity contribution in [2.24, 2.45) is 0 Å². The van der Waals surface area contributed by atoms with Crippen LogP contribution in [0.1, 0.15) is 41.4 Å². The number of benzene rings is 1. The van der Waals surface area contributed by atoms with E-state index < -0.39 is 11.8 Å². The summed E-state index contributed by atoms with van der Waals surface area (Å²) in [5, 5.41) is 0. The minimum Gasteiger partial charge on any atom is -0.311 e. The van der Waals surface area contributed by atoms with Gasteiger partial charge in [-0.25, -0.2) is 0 Å². The molecule has 0 saturated heterocycles. The average molecular weight is 402 g/mol. The highest BCUT2D eigenvalue weighted by Gasteiger charge is 2.24.